The van der Waals surface area contributed by atoms with Crippen LogP contribution in [0.4, 0.5) is 0 Å². The molecule has 1 aromatic rings. The topological polar surface area (TPSA) is 38.3 Å². The summed E-state index contributed by atoms with van der Waals surface area (Å²) in [7, 11) is 1.68. The van der Waals surface area contributed by atoms with Gasteiger partial charge in [-0.3, -0.25) is 4.79 Å². The SMILES string of the molecule is COC(CNC(=O)C1CCC1)c1ccsc1. The molecule has 16 heavy (non-hydrogen) atoms. The van der Waals surface area contributed by atoms with E-state index in [2.05, 4.69) is 10.7 Å². The van der Waals surface area contributed by atoms with Crippen molar-refractivity contribution in [2.45, 2.75) is 25.4 Å². The van der Waals surface area contributed by atoms with Gasteiger partial charge in [0, 0.05) is 19.6 Å². The lowest BCUT2D eigenvalue weighted by molar-refractivity contribution is -0.127. The highest BCUT2D eigenvalue weighted by atomic mass is 32.1. The largest absolute Gasteiger partial charge is 0.375 e. The Balaban J connectivity index is 1.81. The van der Waals surface area contributed by atoms with Gasteiger partial charge in [0.05, 0.1) is 0 Å². The number of hydrogen-bond acceptors (Lipinski definition) is 3. The predicted molar refractivity (Wildman–Crippen MR) is 64.4 cm³/mol. The van der Waals surface area contributed by atoms with Crippen molar-refractivity contribution in [3.05, 3.63) is 22.4 Å². The molecule has 0 radical (unpaired) electrons. The van der Waals surface area contributed by atoms with Gasteiger partial charge in [0.1, 0.15) is 6.10 Å². The van der Waals surface area contributed by atoms with Crippen LogP contribution >= 0.6 is 11.3 Å². The molecule has 0 bridgehead atoms. The third kappa shape index (κ3) is 2.62. The van der Waals surface area contributed by atoms with Crippen molar-refractivity contribution >= 4 is 17.2 Å². The summed E-state index contributed by atoms with van der Waals surface area (Å²) in [5.41, 5.74) is 1.14. The minimum atomic E-state index is -0.0183. The van der Waals surface area contributed by atoms with Crippen molar-refractivity contribution in [1.82, 2.24) is 5.32 Å². The van der Waals surface area contributed by atoms with E-state index in [1.165, 1.54) is 6.42 Å². The zero-order valence-corrected chi connectivity index (χ0v) is 10.3. The molecular formula is C12H17NO2S. The molecule has 0 aliphatic heterocycles. The Morgan fingerprint density at radius 1 is 1.69 bits per heavy atom. The van der Waals surface area contributed by atoms with Crippen molar-refractivity contribution in [2.24, 2.45) is 5.92 Å². The summed E-state index contributed by atoms with van der Waals surface area (Å²) in [6, 6.07) is 2.04. The minimum absolute atomic E-state index is 0.0183. The molecule has 0 saturated heterocycles. The Labute approximate surface area is 99.8 Å². The van der Waals surface area contributed by atoms with Gasteiger partial charge in [-0.05, 0) is 35.2 Å². The summed E-state index contributed by atoms with van der Waals surface area (Å²) < 4.78 is 5.37. The standard InChI is InChI=1S/C12H17NO2S/c1-15-11(10-5-6-16-8-10)7-13-12(14)9-3-2-4-9/h5-6,8-9,11H,2-4,7H2,1H3,(H,13,14). The number of thiophene rings is 1. The maximum absolute atomic E-state index is 11.7. The maximum Gasteiger partial charge on any atom is 0.223 e. The van der Waals surface area contributed by atoms with Crippen LogP contribution in [0.1, 0.15) is 30.9 Å². The number of carbonyl (C=O) groups is 1. The molecule has 1 heterocycles. The van der Waals surface area contributed by atoms with Crippen LogP contribution in [0.3, 0.4) is 0 Å². The highest BCUT2D eigenvalue weighted by molar-refractivity contribution is 7.07. The molecule has 1 fully saturated rings. The van der Waals surface area contributed by atoms with Crippen molar-refractivity contribution in [3.8, 4) is 0 Å². The normalized spacial score (nSPS) is 17.8. The van der Waals surface area contributed by atoms with E-state index in [9.17, 15) is 4.79 Å². The fourth-order valence-corrected chi connectivity index (χ4v) is 2.51. The maximum atomic E-state index is 11.7. The Morgan fingerprint density at radius 3 is 3.00 bits per heavy atom. The molecule has 1 amide bonds. The third-order valence-electron chi connectivity index (χ3n) is 3.14. The lowest BCUT2D eigenvalue weighted by atomic mass is 9.85. The molecule has 1 aromatic heterocycles. The first-order valence-electron chi connectivity index (χ1n) is 5.64. The molecule has 2 rings (SSSR count). The number of carbonyl (C=O) groups excluding carboxylic acids is 1. The average Bonchev–Trinajstić information content (AvgIpc) is 2.69. The Bertz CT molecular complexity index is 333. The molecule has 1 aliphatic carbocycles. The monoisotopic (exact) mass is 239 g/mol. The molecule has 1 saturated carbocycles. The highest BCUT2D eigenvalue weighted by Crippen LogP contribution is 2.26. The molecule has 1 unspecified atom stereocenters. The fraction of sp³-hybridized carbons (Fsp3) is 0.583. The van der Waals surface area contributed by atoms with Crippen molar-refractivity contribution in [1.29, 1.82) is 0 Å². The molecule has 4 heteroatoms. The van der Waals surface area contributed by atoms with Crippen LogP contribution in [0.2, 0.25) is 0 Å². The van der Waals surface area contributed by atoms with E-state index in [-0.39, 0.29) is 17.9 Å². The Kier molecular flexibility index (Phi) is 3.96. The van der Waals surface area contributed by atoms with Crippen LogP contribution < -0.4 is 5.32 Å². The minimum Gasteiger partial charge on any atom is -0.375 e. The van der Waals surface area contributed by atoms with Gasteiger partial charge in [-0.2, -0.15) is 11.3 Å². The lowest BCUT2D eigenvalue weighted by Gasteiger charge is -2.25. The van der Waals surface area contributed by atoms with E-state index in [0.717, 1.165) is 18.4 Å². The van der Waals surface area contributed by atoms with Crippen LogP contribution in [-0.4, -0.2) is 19.6 Å². The first-order chi connectivity index (χ1) is 7.81. The number of amides is 1. The van der Waals surface area contributed by atoms with Crippen molar-refractivity contribution in [3.63, 3.8) is 0 Å². The fourth-order valence-electron chi connectivity index (χ4n) is 1.80. The second-order valence-corrected chi connectivity index (χ2v) is 4.93. The highest BCUT2D eigenvalue weighted by Gasteiger charge is 2.25. The van der Waals surface area contributed by atoms with Gasteiger partial charge >= 0.3 is 0 Å². The summed E-state index contributed by atoms with van der Waals surface area (Å²) in [4.78, 5) is 11.7. The first-order valence-corrected chi connectivity index (χ1v) is 6.58. The number of rotatable bonds is 5. The Morgan fingerprint density at radius 2 is 2.50 bits per heavy atom. The van der Waals surface area contributed by atoms with E-state index in [1.807, 2.05) is 11.4 Å². The predicted octanol–water partition coefficient (Wildman–Crippen LogP) is 2.35. The van der Waals surface area contributed by atoms with E-state index >= 15 is 0 Å². The van der Waals surface area contributed by atoms with Gasteiger partial charge in [0.15, 0.2) is 0 Å². The second-order valence-electron chi connectivity index (χ2n) is 4.15. The van der Waals surface area contributed by atoms with E-state index in [1.54, 1.807) is 18.4 Å². The van der Waals surface area contributed by atoms with Gasteiger partial charge in [-0.1, -0.05) is 6.42 Å². The molecule has 1 N–H and O–H groups in total. The summed E-state index contributed by atoms with van der Waals surface area (Å²) in [6.07, 6.45) is 3.26. The summed E-state index contributed by atoms with van der Waals surface area (Å²) in [5, 5.41) is 7.05. The third-order valence-corrected chi connectivity index (χ3v) is 3.84. The molecule has 1 aliphatic rings. The summed E-state index contributed by atoms with van der Waals surface area (Å²) in [6.45, 7) is 0.572. The number of methoxy groups -OCH3 is 1. The smallest absolute Gasteiger partial charge is 0.223 e. The molecule has 3 nitrogen and oxygen atoms in total. The quantitative estimate of drug-likeness (QED) is 0.856. The van der Waals surface area contributed by atoms with E-state index in [4.69, 9.17) is 4.74 Å². The van der Waals surface area contributed by atoms with Gasteiger partial charge in [0.25, 0.3) is 0 Å². The van der Waals surface area contributed by atoms with Crippen LogP contribution in [0, 0.1) is 5.92 Å². The van der Waals surface area contributed by atoms with Crippen LogP contribution in [0.5, 0.6) is 0 Å². The van der Waals surface area contributed by atoms with Crippen molar-refractivity contribution < 1.29 is 9.53 Å². The molecular weight excluding hydrogens is 222 g/mol. The molecule has 0 spiro atoms. The first kappa shape index (κ1) is 11.6. The number of ether oxygens (including phenoxy) is 1. The zero-order valence-electron chi connectivity index (χ0n) is 9.44. The van der Waals surface area contributed by atoms with Gasteiger partial charge < -0.3 is 10.1 Å². The van der Waals surface area contributed by atoms with Crippen LogP contribution in [-0.2, 0) is 9.53 Å². The Hall–Kier alpha value is -0.870. The van der Waals surface area contributed by atoms with E-state index < -0.39 is 0 Å². The van der Waals surface area contributed by atoms with Gasteiger partial charge in [0.2, 0.25) is 5.91 Å². The van der Waals surface area contributed by atoms with Crippen molar-refractivity contribution in [2.75, 3.05) is 13.7 Å². The number of hydrogen-bond donors (Lipinski definition) is 1. The van der Waals surface area contributed by atoms with Gasteiger partial charge in [-0.25, -0.2) is 0 Å². The zero-order chi connectivity index (χ0) is 11.4. The van der Waals surface area contributed by atoms with E-state index in [0.29, 0.717) is 6.54 Å². The van der Waals surface area contributed by atoms with Gasteiger partial charge in [-0.15, -0.1) is 0 Å². The molecule has 0 aromatic carbocycles. The summed E-state index contributed by atoms with van der Waals surface area (Å²) in [5.74, 6) is 0.434. The summed E-state index contributed by atoms with van der Waals surface area (Å²) >= 11 is 1.65. The average molecular weight is 239 g/mol. The van der Waals surface area contributed by atoms with Crippen LogP contribution in [0.15, 0.2) is 16.8 Å². The van der Waals surface area contributed by atoms with Crippen LogP contribution in [0.25, 0.3) is 0 Å². The number of nitrogens with one attached hydrogen (secondary N) is 1. The lowest BCUT2D eigenvalue weighted by Crippen LogP contribution is -2.37. The molecule has 88 valence electrons. The second kappa shape index (κ2) is 5.46. The molecule has 1 atom stereocenters.